The van der Waals surface area contributed by atoms with Crippen molar-refractivity contribution in [3.8, 4) is 11.8 Å². The molecule has 0 aliphatic carbocycles. The van der Waals surface area contributed by atoms with Crippen LogP contribution in [0, 0.1) is 31.0 Å². The van der Waals surface area contributed by atoms with Gasteiger partial charge >= 0.3 is 0 Å². The van der Waals surface area contributed by atoms with E-state index in [2.05, 4.69) is 15.5 Å². The molecule has 3 aromatic rings. The fraction of sp³-hybridized carbons (Fsp3) is 0.105. The number of nitrogens with zero attached hydrogens (tertiary/aromatic N) is 3. The number of benzene rings is 1. The normalized spacial score (nSPS) is 11.2. The molecule has 0 radical (unpaired) electrons. The highest BCUT2D eigenvalue weighted by molar-refractivity contribution is 6.09. The van der Waals surface area contributed by atoms with Crippen molar-refractivity contribution in [1.29, 1.82) is 5.26 Å². The van der Waals surface area contributed by atoms with Crippen LogP contribution < -0.4 is 5.32 Å². The van der Waals surface area contributed by atoms with Crippen LogP contribution in [-0.2, 0) is 4.79 Å². The lowest BCUT2D eigenvalue weighted by atomic mass is 10.1. The Morgan fingerprint density at radius 2 is 2.08 bits per heavy atom. The van der Waals surface area contributed by atoms with Crippen molar-refractivity contribution in [2.24, 2.45) is 0 Å². The van der Waals surface area contributed by atoms with Gasteiger partial charge in [-0.05, 0) is 55.8 Å². The molecule has 0 aliphatic rings. The number of nitrogens with one attached hydrogen (secondary N) is 2. The molecule has 0 fully saturated rings. The highest BCUT2D eigenvalue weighted by atomic mass is 19.1. The predicted molar refractivity (Wildman–Crippen MR) is 96.0 cm³/mol. The summed E-state index contributed by atoms with van der Waals surface area (Å²) >= 11 is 0. The number of anilines is 1. The Morgan fingerprint density at radius 3 is 2.69 bits per heavy atom. The van der Waals surface area contributed by atoms with Gasteiger partial charge in [0, 0.05) is 23.3 Å². The first-order chi connectivity index (χ1) is 12.5. The van der Waals surface area contributed by atoms with Crippen LogP contribution in [0.25, 0.3) is 11.8 Å². The number of hydrogen-bond acceptors (Lipinski definition) is 3. The van der Waals surface area contributed by atoms with E-state index >= 15 is 0 Å². The molecule has 0 bridgehead atoms. The number of amides is 1. The van der Waals surface area contributed by atoms with Crippen molar-refractivity contribution in [2.45, 2.75) is 13.8 Å². The minimum atomic E-state index is -0.513. The second-order valence-corrected chi connectivity index (χ2v) is 5.75. The van der Waals surface area contributed by atoms with Crippen LogP contribution >= 0.6 is 0 Å². The molecule has 1 amide bonds. The maximum atomic E-state index is 13.2. The molecule has 2 aromatic heterocycles. The number of halogens is 1. The van der Waals surface area contributed by atoms with Crippen molar-refractivity contribution >= 4 is 17.7 Å². The molecule has 0 aliphatic heterocycles. The van der Waals surface area contributed by atoms with Crippen LogP contribution in [0.5, 0.6) is 0 Å². The van der Waals surface area contributed by atoms with Crippen molar-refractivity contribution in [2.75, 3.05) is 5.32 Å². The van der Waals surface area contributed by atoms with Gasteiger partial charge in [0.05, 0.1) is 11.9 Å². The fourth-order valence-electron chi connectivity index (χ4n) is 2.74. The van der Waals surface area contributed by atoms with Gasteiger partial charge in [-0.1, -0.05) is 0 Å². The smallest absolute Gasteiger partial charge is 0.266 e. The van der Waals surface area contributed by atoms with Crippen LogP contribution in [0.15, 0.2) is 48.3 Å². The van der Waals surface area contributed by atoms with E-state index in [4.69, 9.17) is 0 Å². The van der Waals surface area contributed by atoms with E-state index in [0.29, 0.717) is 5.69 Å². The lowest BCUT2D eigenvalue weighted by Crippen LogP contribution is -2.12. The highest BCUT2D eigenvalue weighted by Crippen LogP contribution is 2.23. The van der Waals surface area contributed by atoms with Crippen molar-refractivity contribution in [1.82, 2.24) is 14.8 Å². The van der Waals surface area contributed by atoms with E-state index in [0.717, 1.165) is 22.6 Å². The minimum Gasteiger partial charge on any atom is -0.319 e. The quantitative estimate of drug-likeness (QED) is 0.558. The average Bonchev–Trinajstić information content (AvgIpc) is 3.22. The summed E-state index contributed by atoms with van der Waals surface area (Å²) in [6.45, 7) is 3.79. The first-order valence-corrected chi connectivity index (χ1v) is 7.86. The number of H-pyrrole nitrogens is 1. The van der Waals surface area contributed by atoms with E-state index < -0.39 is 5.91 Å². The highest BCUT2D eigenvalue weighted by Gasteiger charge is 2.14. The lowest BCUT2D eigenvalue weighted by Gasteiger charge is -2.09. The maximum absolute atomic E-state index is 13.2. The van der Waals surface area contributed by atoms with Gasteiger partial charge in [0.2, 0.25) is 0 Å². The zero-order valence-corrected chi connectivity index (χ0v) is 14.2. The van der Waals surface area contributed by atoms with Crippen molar-refractivity contribution < 1.29 is 9.18 Å². The molecular formula is C19H16FN5O. The number of nitriles is 1. The molecule has 3 rings (SSSR count). The Hall–Kier alpha value is -3.66. The zero-order valence-electron chi connectivity index (χ0n) is 14.2. The molecule has 26 heavy (non-hydrogen) atoms. The number of aromatic nitrogens is 3. The second kappa shape index (κ2) is 7.07. The number of aryl methyl sites for hydroxylation is 1. The van der Waals surface area contributed by atoms with E-state index in [-0.39, 0.29) is 11.4 Å². The average molecular weight is 349 g/mol. The van der Waals surface area contributed by atoms with Gasteiger partial charge in [-0.2, -0.15) is 10.4 Å². The minimum absolute atomic E-state index is 0.0226. The maximum Gasteiger partial charge on any atom is 0.266 e. The Bertz CT molecular complexity index is 1010. The number of carbonyl (C=O) groups excluding carboxylic acids is 1. The first-order valence-electron chi connectivity index (χ1n) is 7.86. The lowest BCUT2D eigenvalue weighted by molar-refractivity contribution is -0.112. The molecule has 2 N–H and O–H groups in total. The van der Waals surface area contributed by atoms with Gasteiger partial charge in [0.15, 0.2) is 0 Å². The van der Waals surface area contributed by atoms with Gasteiger partial charge < -0.3 is 9.88 Å². The van der Waals surface area contributed by atoms with Crippen LogP contribution in [-0.4, -0.2) is 20.7 Å². The van der Waals surface area contributed by atoms with Crippen molar-refractivity contribution in [3.63, 3.8) is 0 Å². The summed E-state index contributed by atoms with van der Waals surface area (Å²) in [6.07, 6.45) is 4.51. The van der Waals surface area contributed by atoms with Crippen LogP contribution in [0.2, 0.25) is 0 Å². The van der Waals surface area contributed by atoms with Gasteiger partial charge in [0.25, 0.3) is 5.91 Å². The summed E-state index contributed by atoms with van der Waals surface area (Å²) in [5, 5.41) is 18.3. The molecule has 7 heteroatoms. The Kier molecular flexibility index (Phi) is 4.67. The molecule has 0 saturated heterocycles. The third-order valence-corrected chi connectivity index (χ3v) is 3.98. The topological polar surface area (TPSA) is 86.5 Å². The third kappa shape index (κ3) is 3.39. The molecule has 0 unspecified atom stereocenters. The summed E-state index contributed by atoms with van der Waals surface area (Å²) in [5.74, 6) is -0.820. The molecular weight excluding hydrogens is 333 g/mol. The standard InChI is InChI=1S/C19H16FN5O/c1-12-7-14(13(2)25(12)18-5-3-16(20)4-6-18)8-15(9-21)19(26)24-17-10-22-23-11-17/h3-8,10-11H,1-2H3,(H,22,23)(H,24,26). The Labute approximate surface area is 149 Å². The molecule has 130 valence electrons. The molecule has 0 spiro atoms. The van der Waals surface area contributed by atoms with Gasteiger partial charge in [-0.3, -0.25) is 9.89 Å². The number of rotatable bonds is 4. The molecule has 0 atom stereocenters. The van der Waals surface area contributed by atoms with E-state index in [1.54, 1.807) is 12.1 Å². The summed E-state index contributed by atoms with van der Waals surface area (Å²) in [4.78, 5) is 12.3. The fourth-order valence-corrected chi connectivity index (χ4v) is 2.74. The summed E-state index contributed by atoms with van der Waals surface area (Å²) < 4.78 is 15.1. The predicted octanol–water partition coefficient (Wildman–Crippen LogP) is 3.50. The largest absolute Gasteiger partial charge is 0.319 e. The van der Waals surface area contributed by atoms with Crippen LogP contribution in [0.1, 0.15) is 17.0 Å². The molecule has 2 heterocycles. The molecule has 1 aromatic carbocycles. The molecule has 6 nitrogen and oxygen atoms in total. The third-order valence-electron chi connectivity index (χ3n) is 3.98. The van der Waals surface area contributed by atoms with Gasteiger partial charge in [-0.25, -0.2) is 4.39 Å². The first kappa shape index (κ1) is 17.2. The van der Waals surface area contributed by atoms with Gasteiger partial charge in [-0.15, -0.1) is 0 Å². The zero-order chi connectivity index (χ0) is 18.7. The van der Waals surface area contributed by atoms with Crippen molar-refractivity contribution in [3.05, 3.63) is 71.1 Å². The summed E-state index contributed by atoms with van der Waals surface area (Å²) in [5.41, 5.74) is 3.76. The Balaban J connectivity index is 1.94. The number of hydrogen-bond donors (Lipinski definition) is 2. The summed E-state index contributed by atoms with van der Waals surface area (Å²) in [7, 11) is 0. The number of aromatic amines is 1. The van der Waals surface area contributed by atoms with E-state index in [1.165, 1.54) is 30.6 Å². The monoisotopic (exact) mass is 349 g/mol. The second-order valence-electron chi connectivity index (χ2n) is 5.75. The number of carbonyl (C=O) groups is 1. The van der Waals surface area contributed by atoms with E-state index in [9.17, 15) is 14.4 Å². The van der Waals surface area contributed by atoms with Crippen LogP contribution in [0.3, 0.4) is 0 Å². The van der Waals surface area contributed by atoms with Gasteiger partial charge in [0.1, 0.15) is 17.5 Å². The van der Waals surface area contributed by atoms with E-state index in [1.807, 2.05) is 30.6 Å². The Morgan fingerprint density at radius 1 is 1.35 bits per heavy atom. The molecule has 0 saturated carbocycles. The summed E-state index contributed by atoms with van der Waals surface area (Å²) in [6, 6.07) is 9.95. The van der Waals surface area contributed by atoms with Crippen LogP contribution in [0.4, 0.5) is 10.1 Å². The SMILES string of the molecule is Cc1cc(C=C(C#N)C(=O)Nc2cn[nH]c2)c(C)n1-c1ccc(F)cc1.